The lowest BCUT2D eigenvalue weighted by atomic mass is 10.2. The van der Waals surface area contributed by atoms with Crippen molar-refractivity contribution < 1.29 is 4.39 Å². The Hall–Kier alpha value is -2.76. The molecule has 0 fully saturated rings. The lowest BCUT2D eigenvalue weighted by Crippen LogP contribution is -2.21. The van der Waals surface area contributed by atoms with Gasteiger partial charge in [-0.1, -0.05) is 0 Å². The minimum absolute atomic E-state index is 0.169. The fraction of sp³-hybridized carbons (Fsp3) is 0.133. The van der Waals surface area contributed by atoms with Crippen molar-refractivity contribution in [2.75, 3.05) is 0 Å². The van der Waals surface area contributed by atoms with Gasteiger partial charge in [-0.25, -0.2) is 9.37 Å². The molecular formula is C15H15FN4O. The predicted octanol–water partition coefficient (Wildman–Crippen LogP) is 2.16. The van der Waals surface area contributed by atoms with E-state index in [2.05, 4.69) is 9.98 Å². The second-order valence-electron chi connectivity index (χ2n) is 4.42. The van der Waals surface area contributed by atoms with E-state index in [4.69, 9.17) is 5.73 Å². The SMILES string of the molecule is Cc1cc(=O)n(-c2ccc(N=C/C=C\N)c(F)c2)c(C)n1. The first kappa shape index (κ1) is 14.6. The highest BCUT2D eigenvalue weighted by Crippen LogP contribution is 2.20. The average molecular weight is 286 g/mol. The van der Waals surface area contributed by atoms with Crippen molar-refractivity contribution in [1.29, 1.82) is 0 Å². The number of aliphatic imine (C=N–C) groups is 1. The Labute approximate surface area is 121 Å². The number of rotatable bonds is 3. The molecule has 0 radical (unpaired) electrons. The molecule has 0 amide bonds. The van der Waals surface area contributed by atoms with Gasteiger partial charge in [-0.2, -0.15) is 0 Å². The number of aromatic nitrogens is 2. The van der Waals surface area contributed by atoms with E-state index in [1.54, 1.807) is 19.9 Å². The van der Waals surface area contributed by atoms with Crippen LogP contribution in [-0.2, 0) is 0 Å². The monoisotopic (exact) mass is 286 g/mol. The molecule has 0 aliphatic carbocycles. The van der Waals surface area contributed by atoms with E-state index in [-0.39, 0.29) is 11.2 Å². The molecule has 1 heterocycles. The van der Waals surface area contributed by atoms with Crippen molar-refractivity contribution in [2.24, 2.45) is 10.7 Å². The first-order valence-corrected chi connectivity index (χ1v) is 6.31. The van der Waals surface area contributed by atoms with Crippen LogP contribution in [0.1, 0.15) is 11.5 Å². The topological polar surface area (TPSA) is 73.3 Å². The molecule has 5 nitrogen and oxygen atoms in total. The summed E-state index contributed by atoms with van der Waals surface area (Å²) in [4.78, 5) is 20.1. The first-order chi connectivity index (χ1) is 10.0. The molecule has 2 aromatic rings. The molecule has 0 saturated heterocycles. The standard InChI is InChI=1S/C15H15FN4O/c1-10-8-15(21)20(11(2)19-10)12-4-5-14(13(16)9-12)18-7-3-6-17/h3-9H,17H2,1-2H3/b6-3-,18-7?. The zero-order valence-electron chi connectivity index (χ0n) is 11.7. The van der Waals surface area contributed by atoms with Gasteiger partial charge in [0.2, 0.25) is 0 Å². The number of nitrogens with two attached hydrogens (primary N) is 1. The number of halogens is 1. The van der Waals surface area contributed by atoms with Gasteiger partial charge in [0, 0.05) is 24.0 Å². The van der Waals surface area contributed by atoms with Crippen LogP contribution in [0.5, 0.6) is 0 Å². The first-order valence-electron chi connectivity index (χ1n) is 6.31. The third-order valence-electron chi connectivity index (χ3n) is 2.81. The molecular weight excluding hydrogens is 271 g/mol. The van der Waals surface area contributed by atoms with Crippen LogP contribution in [0.3, 0.4) is 0 Å². The van der Waals surface area contributed by atoms with Gasteiger partial charge in [0.15, 0.2) is 5.82 Å². The molecule has 0 atom stereocenters. The van der Waals surface area contributed by atoms with Crippen LogP contribution >= 0.6 is 0 Å². The lowest BCUT2D eigenvalue weighted by molar-refractivity contribution is 0.628. The van der Waals surface area contributed by atoms with Crippen LogP contribution in [0.2, 0.25) is 0 Å². The fourth-order valence-electron chi connectivity index (χ4n) is 1.97. The zero-order chi connectivity index (χ0) is 15.4. The number of aryl methyl sites for hydroxylation is 2. The molecule has 108 valence electrons. The summed E-state index contributed by atoms with van der Waals surface area (Å²) in [5.74, 6) is -0.0252. The highest BCUT2D eigenvalue weighted by Gasteiger charge is 2.08. The quantitative estimate of drug-likeness (QED) is 0.879. The van der Waals surface area contributed by atoms with Gasteiger partial charge in [0.05, 0.1) is 11.4 Å². The molecule has 0 aliphatic heterocycles. The van der Waals surface area contributed by atoms with Gasteiger partial charge in [-0.15, -0.1) is 0 Å². The summed E-state index contributed by atoms with van der Waals surface area (Å²) in [6, 6.07) is 5.78. The molecule has 1 aromatic carbocycles. The number of hydrogen-bond acceptors (Lipinski definition) is 4. The normalized spacial score (nSPS) is 11.6. The van der Waals surface area contributed by atoms with Crippen molar-refractivity contribution in [3.8, 4) is 5.69 Å². The summed E-state index contributed by atoms with van der Waals surface area (Å²) in [6.07, 6.45) is 4.19. The van der Waals surface area contributed by atoms with Crippen LogP contribution in [0.25, 0.3) is 5.69 Å². The van der Waals surface area contributed by atoms with Gasteiger partial charge in [-0.05, 0) is 38.3 Å². The summed E-state index contributed by atoms with van der Waals surface area (Å²) >= 11 is 0. The van der Waals surface area contributed by atoms with E-state index in [1.807, 2.05) is 0 Å². The third-order valence-corrected chi connectivity index (χ3v) is 2.81. The van der Waals surface area contributed by atoms with E-state index in [0.29, 0.717) is 17.2 Å². The van der Waals surface area contributed by atoms with E-state index >= 15 is 0 Å². The summed E-state index contributed by atoms with van der Waals surface area (Å²) in [6.45, 7) is 3.44. The van der Waals surface area contributed by atoms with Crippen molar-refractivity contribution >= 4 is 11.9 Å². The van der Waals surface area contributed by atoms with Crippen molar-refractivity contribution in [2.45, 2.75) is 13.8 Å². The van der Waals surface area contributed by atoms with Crippen LogP contribution in [0.15, 0.2) is 46.3 Å². The minimum Gasteiger partial charge on any atom is -0.405 e. The Balaban J connectivity index is 2.48. The largest absolute Gasteiger partial charge is 0.405 e. The van der Waals surface area contributed by atoms with Crippen molar-refractivity contribution in [1.82, 2.24) is 9.55 Å². The van der Waals surface area contributed by atoms with E-state index in [9.17, 15) is 9.18 Å². The zero-order valence-corrected chi connectivity index (χ0v) is 11.7. The fourth-order valence-corrected chi connectivity index (χ4v) is 1.97. The molecule has 6 heteroatoms. The molecule has 1 aromatic heterocycles. The molecule has 2 N–H and O–H groups in total. The van der Waals surface area contributed by atoms with Gasteiger partial charge < -0.3 is 5.73 Å². The highest BCUT2D eigenvalue weighted by atomic mass is 19.1. The molecule has 0 saturated carbocycles. The molecule has 2 rings (SSSR count). The van der Waals surface area contributed by atoms with E-state index in [1.165, 1.54) is 41.3 Å². The number of allylic oxidation sites excluding steroid dienone is 1. The molecule has 0 unspecified atom stereocenters. The van der Waals surface area contributed by atoms with E-state index in [0.717, 1.165) is 0 Å². The Bertz CT molecular complexity index is 778. The second kappa shape index (κ2) is 6.13. The molecule has 21 heavy (non-hydrogen) atoms. The maximum atomic E-state index is 14.0. The average Bonchev–Trinajstić information content (AvgIpc) is 2.40. The predicted molar refractivity (Wildman–Crippen MR) is 80.7 cm³/mol. The lowest BCUT2D eigenvalue weighted by Gasteiger charge is -2.10. The van der Waals surface area contributed by atoms with Gasteiger partial charge in [0.25, 0.3) is 5.56 Å². The minimum atomic E-state index is -0.527. The maximum Gasteiger partial charge on any atom is 0.258 e. The van der Waals surface area contributed by atoms with Crippen molar-refractivity contribution in [3.05, 3.63) is 64.2 Å². The van der Waals surface area contributed by atoms with Crippen LogP contribution < -0.4 is 11.3 Å². The third kappa shape index (κ3) is 3.22. The van der Waals surface area contributed by atoms with Gasteiger partial charge in [-0.3, -0.25) is 14.4 Å². The summed E-state index contributed by atoms with van der Waals surface area (Å²) in [5.41, 5.74) is 6.13. The van der Waals surface area contributed by atoms with Crippen LogP contribution in [0.4, 0.5) is 10.1 Å². The number of benzene rings is 1. The Morgan fingerprint density at radius 1 is 1.33 bits per heavy atom. The highest BCUT2D eigenvalue weighted by molar-refractivity contribution is 5.74. The summed E-state index contributed by atoms with van der Waals surface area (Å²) < 4.78 is 15.4. The molecule has 0 spiro atoms. The van der Waals surface area contributed by atoms with Gasteiger partial charge in [0.1, 0.15) is 5.82 Å². The second-order valence-corrected chi connectivity index (χ2v) is 4.42. The maximum absolute atomic E-state index is 14.0. The summed E-state index contributed by atoms with van der Waals surface area (Å²) in [5, 5.41) is 0. The van der Waals surface area contributed by atoms with E-state index < -0.39 is 5.82 Å². The smallest absolute Gasteiger partial charge is 0.258 e. The number of hydrogen-bond donors (Lipinski definition) is 1. The number of nitrogens with zero attached hydrogens (tertiary/aromatic N) is 3. The Kier molecular flexibility index (Phi) is 4.27. The Morgan fingerprint density at radius 3 is 2.71 bits per heavy atom. The van der Waals surface area contributed by atoms with Gasteiger partial charge >= 0.3 is 0 Å². The Morgan fingerprint density at radius 2 is 2.10 bits per heavy atom. The van der Waals surface area contributed by atoms with Crippen molar-refractivity contribution in [3.63, 3.8) is 0 Å². The molecule has 0 bridgehead atoms. The summed E-state index contributed by atoms with van der Waals surface area (Å²) in [7, 11) is 0. The van der Waals surface area contributed by atoms with Crippen LogP contribution in [-0.4, -0.2) is 15.8 Å². The molecule has 0 aliphatic rings. The van der Waals surface area contributed by atoms with Crippen LogP contribution in [0, 0.1) is 19.7 Å².